The summed E-state index contributed by atoms with van der Waals surface area (Å²) in [6.45, 7) is 1.14. The second-order valence-electron chi connectivity index (χ2n) is 9.61. The van der Waals surface area contributed by atoms with Crippen molar-refractivity contribution in [2.75, 3.05) is 14.1 Å². The summed E-state index contributed by atoms with van der Waals surface area (Å²) in [7, 11) is 4.06. The average Bonchev–Trinajstić information content (AvgIpc) is 3.27. The Morgan fingerprint density at radius 3 is 2.36 bits per heavy atom. The van der Waals surface area contributed by atoms with Gasteiger partial charge in [0.05, 0.1) is 17.0 Å². The van der Waals surface area contributed by atoms with Crippen molar-refractivity contribution in [3.63, 3.8) is 0 Å². The van der Waals surface area contributed by atoms with Gasteiger partial charge in [-0.2, -0.15) is 0 Å². The minimum atomic E-state index is -0.238. The molecule has 0 aliphatic heterocycles. The lowest BCUT2D eigenvalue weighted by atomic mass is 9.99. The summed E-state index contributed by atoms with van der Waals surface area (Å²) in [5, 5.41) is 15.3. The van der Waals surface area contributed by atoms with Gasteiger partial charge in [0, 0.05) is 40.1 Å². The van der Waals surface area contributed by atoms with E-state index in [2.05, 4.69) is 27.3 Å². The fraction of sp³-hybridized carbons (Fsp3) is 0.125. The molecule has 6 nitrogen and oxygen atoms in total. The smallest absolute Gasteiger partial charge is 0.251 e. The van der Waals surface area contributed by atoms with E-state index in [0.717, 1.165) is 23.4 Å². The standard InChI is InChI=1S/C32H29ClN4O2/c1-37(2)20-21-12-15-25(16-13-21)35-30(22-8-4-3-5-9-22)29-26-18-23(14-17-28(26)36-32(29)39)31(38)34-19-24-10-6-7-11-27(24)33/h3-18,36,39H,19-20H2,1-2H3,(H,34,38). The van der Waals surface area contributed by atoms with Crippen LogP contribution in [0.4, 0.5) is 5.69 Å². The Hall–Kier alpha value is -4.39. The zero-order valence-electron chi connectivity index (χ0n) is 21.8. The summed E-state index contributed by atoms with van der Waals surface area (Å²) in [5.74, 6) is -0.247. The first-order valence-electron chi connectivity index (χ1n) is 12.6. The number of rotatable bonds is 8. The number of hydrogen-bond donors (Lipinski definition) is 3. The van der Waals surface area contributed by atoms with Crippen LogP contribution in [0.15, 0.2) is 102 Å². The van der Waals surface area contributed by atoms with Crippen molar-refractivity contribution in [1.29, 1.82) is 0 Å². The number of nitrogens with one attached hydrogen (secondary N) is 2. The summed E-state index contributed by atoms with van der Waals surface area (Å²) in [6, 6.07) is 30.5. The number of H-pyrrole nitrogens is 1. The molecule has 0 spiro atoms. The molecule has 4 aromatic carbocycles. The van der Waals surface area contributed by atoms with E-state index < -0.39 is 0 Å². The predicted molar refractivity (Wildman–Crippen MR) is 158 cm³/mol. The second-order valence-corrected chi connectivity index (χ2v) is 10.0. The van der Waals surface area contributed by atoms with Crippen LogP contribution in [0.25, 0.3) is 10.9 Å². The Labute approximate surface area is 232 Å². The molecule has 0 bridgehead atoms. The SMILES string of the molecule is CN(C)Cc1ccc(N=C(c2ccccc2)c2c(O)[nH]c3ccc(C(=O)NCc4ccccc4Cl)cc23)cc1. The van der Waals surface area contributed by atoms with Gasteiger partial charge in [-0.15, -0.1) is 0 Å². The summed E-state index contributed by atoms with van der Waals surface area (Å²) in [4.78, 5) is 23.2. The van der Waals surface area contributed by atoms with Gasteiger partial charge in [0.25, 0.3) is 5.91 Å². The monoisotopic (exact) mass is 536 g/mol. The first-order valence-corrected chi connectivity index (χ1v) is 13.0. The van der Waals surface area contributed by atoms with Crippen LogP contribution in [0.2, 0.25) is 5.02 Å². The van der Waals surface area contributed by atoms with E-state index >= 15 is 0 Å². The number of aromatic nitrogens is 1. The molecule has 1 aromatic heterocycles. The normalized spacial score (nSPS) is 11.7. The van der Waals surface area contributed by atoms with Crippen LogP contribution in [0.1, 0.15) is 32.6 Å². The van der Waals surface area contributed by atoms with E-state index in [4.69, 9.17) is 16.6 Å². The molecule has 7 heteroatoms. The molecule has 5 aromatic rings. The third kappa shape index (κ3) is 6.03. The Morgan fingerprint density at radius 1 is 0.923 bits per heavy atom. The van der Waals surface area contributed by atoms with Crippen LogP contribution in [0.3, 0.4) is 0 Å². The molecule has 0 saturated heterocycles. The van der Waals surface area contributed by atoms with Gasteiger partial charge in [-0.3, -0.25) is 4.79 Å². The molecule has 39 heavy (non-hydrogen) atoms. The Balaban J connectivity index is 1.53. The Morgan fingerprint density at radius 2 is 1.64 bits per heavy atom. The summed E-state index contributed by atoms with van der Waals surface area (Å²) >= 11 is 6.25. The maximum Gasteiger partial charge on any atom is 0.251 e. The highest BCUT2D eigenvalue weighted by Crippen LogP contribution is 2.32. The molecule has 0 unspecified atom stereocenters. The summed E-state index contributed by atoms with van der Waals surface area (Å²) in [6.07, 6.45) is 0. The highest BCUT2D eigenvalue weighted by Gasteiger charge is 2.20. The molecule has 0 aliphatic carbocycles. The van der Waals surface area contributed by atoms with E-state index in [0.29, 0.717) is 39.3 Å². The Kier molecular flexibility index (Phi) is 7.77. The molecule has 196 valence electrons. The lowest BCUT2D eigenvalue weighted by Crippen LogP contribution is -2.22. The van der Waals surface area contributed by atoms with Crippen molar-refractivity contribution in [3.05, 3.63) is 130 Å². The first-order chi connectivity index (χ1) is 18.9. The van der Waals surface area contributed by atoms with Gasteiger partial charge in [-0.25, -0.2) is 4.99 Å². The quantitative estimate of drug-likeness (QED) is 0.193. The van der Waals surface area contributed by atoms with Crippen LogP contribution < -0.4 is 5.32 Å². The molecule has 0 aliphatic rings. The summed E-state index contributed by atoms with van der Waals surface area (Å²) < 4.78 is 0. The zero-order chi connectivity index (χ0) is 27.4. The summed E-state index contributed by atoms with van der Waals surface area (Å²) in [5.41, 5.74) is 5.94. The average molecular weight is 537 g/mol. The number of fused-ring (bicyclic) bond motifs is 1. The third-order valence-electron chi connectivity index (χ3n) is 6.40. The molecule has 0 fully saturated rings. The van der Waals surface area contributed by atoms with Crippen molar-refractivity contribution in [3.8, 4) is 5.88 Å². The molecule has 1 heterocycles. The van der Waals surface area contributed by atoms with Crippen molar-refractivity contribution >= 4 is 39.8 Å². The highest BCUT2D eigenvalue weighted by molar-refractivity contribution is 6.31. The minimum Gasteiger partial charge on any atom is -0.494 e. The van der Waals surface area contributed by atoms with Crippen molar-refractivity contribution < 1.29 is 9.90 Å². The number of halogens is 1. The molecule has 0 atom stereocenters. The van der Waals surface area contributed by atoms with Gasteiger partial charge < -0.3 is 20.3 Å². The lowest BCUT2D eigenvalue weighted by molar-refractivity contribution is 0.0951. The molecule has 0 radical (unpaired) electrons. The number of hydrogen-bond acceptors (Lipinski definition) is 4. The molecule has 5 rings (SSSR count). The van der Waals surface area contributed by atoms with Crippen LogP contribution in [0, 0.1) is 0 Å². The molecule has 1 amide bonds. The maximum atomic E-state index is 13.1. The van der Waals surface area contributed by atoms with E-state index in [1.165, 1.54) is 5.56 Å². The zero-order valence-corrected chi connectivity index (χ0v) is 22.5. The predicted octanol–water partition coefficient (Wildman–Crippen LogP) is 6.69. The topological polar surface area (TPSA) is 80.7 Å². The number of amides is 1. The second kappa shape index (κ2) is 11.6. The largest absolute Gasteiger partial charge is 0.494 e. The molecule has 0 saturated carbocycles. The fourth-order valence-corrected chi connectivity index (χ4v) is 4.71. The van der Waals surface area contributed by atoms with Gasteiger partial charge in [0.2, 0.25) is 0 Å². The van der Waals surface area contributed by atoms with E-state index in [1.54, 1.807) is 24.3 Å². The maximum absolute atomic E-state index is 13.1. The third-order valence-corrected chi connectivity index (χ3v) is 6.77. The highest BCUT2D eigenvalue weighted by atomic mass is 35.5. The molecular weight excluding hydrogens is 508 g/mol. The van der Waals surface area contributed by atoms with Crippen molar-refractivity contribution in [1.82, 2.24) is 15.2 Å². The van der Waals surface area contributed by atoms with Gasteiger partial charge >= 0.3 is 0 Å². The van der Waals surface area contributed by atoms with Crippen LogP contribution >= 0.6 is 11.6 Å². The van der Waals surface area contributed by atoms with Crippen LogP contribution in [-0.2, 0) is 13.1 Å². The van der Waals surface area contributed by atoms with Crippen LogP contribution in [0.5, 0.6) is 5.88 Å². The van der Waals surface area contributed by atoms with Crippen LogP contribution in [-0.4, -0.2) is 40.7 Å². The number of carbonyl (C=O) groups excluding carboxylic acids is 1. The van der Waals surface area contributed by atoms with Gasteiger partial charge in [0.1, 0.15) is 0 Å². The number of benzene rings is 4. The van der Waals surface area contributed by atoms with E-state index in [9.17, 15) is 9.90 Å². The number of aliphatic imine (C=N–C) groups is 1. The lowest BCUT2D eigenvalue weighted by Gasteiger charge is -2.11. The van der Waals surface area contributed by atoms with Crippen molar-refractivity contribution in [2.24, 2.45) is 4.99 Å². The molecule has 3 N–H and O–H groups in total. The van der Waals surface area contributed by atoms with Gasteiger partial charge in [-0.1, -0.05) is 72.3 Å². The van der Waals surface area contributed by atoms with Gasteiger partial charge in [0.15, 0.2) is 5.88 Å². The number of nitrogens with zero attached hydrogens (tertiary/aromatic N) is 2. The number of carbonyl (C=O) groups is 1. The first kappa shape index (κ1) is 26.2. The van der Waals surface area contributed by atoms with Gasteiger partial charge in [-0.05, 0) is 61.6 Å². The minimum absolute atomic E-state index is 0.00884. The molecular formula is C32H29ClN4O2. The number of aromatic amines is 1. The van der Waals surface area contributed by atoms with Crippen molar-refractivity contribution in [2.45, 2.75) is 13.1 Å². The van der Waals surface area contributed by atoms with E-state index in [1.807, 2.05) is 74.8 Å². The Bertz CT molecular complexity index is 1640. The fourth-order valence-electron chi connectivity index (χ4n) is 4.51. The van der Waals surface area contributed by atoms with E-state index in [-0.39, 0.29) is 11.8 Å². The number of aromatic hydroxyl groups is 1.